The Morgan fingerprint density at radius 1 is 1.23 bits per heavy atom. The number of nitrogens with one attached hydrogen (secondary N) is 1. The Morgan fingerprint density at radius 3 is 2.79 bits per heavy atom. The number of carbonyl (C=O) groups is 1. The van der Waals surface area contributed by atoms with Gasteiger partial charge < -0.3 is 14.4 Å². The largest absolute Gasteiger partial charge is 0.490 e. The molecule has 10 nitrogen and oxygen atoms in total. The number of amides is 1. The van der Waals surface area contributed by atoms with Gasteiger partial charge in [-0.05, 0) is 43.2 Å². The van der Waals surface area contributed by atoms with Crippen LogP contribution in [0.15, 0.2) is 42.7 Å². The number of ether oxygens (including phenoxy) is 2. The number of halogens is 2. The van der Waals surface area contributed by atoms with Gasteiger partial charge in [-0.1, -0.05) is 0 Å². The molecule has 0 aliphatic carbocycles. The molecular formula is C26H31F2N5O5S. The first kappa shape index (κ1) is 27.3. The monoisotopic (exact) mass is 563 g/mol. The molecule has 4 heterocycles. The molecule has 0 bridgehead atoms. The topological polar surface area (TPSA) is 105 Å². The van der Waals surface area contributed by atoms with E-state index in [0.717, 1.165) is 41.2 Å². The fourth-order valence-corrected chi connectivity index (χ4v) is 5.86. The Labute approximate surface area is 225 Å². The predicted octanol–water partition coefficient (Wildman–Crippen LogP) is 3.25. The van der Waals surface area contributed by atoms with E-state index < -0.39 is 22.8 Å². The fraction of sp³-hybridized carbons (Fsp3) is 0.462. The van der Waals surface area contributed by atoms with Crippen LogP contribution in [0.2, 0.25) is 0 Å². The Balaban J connectivity index is 1.43. The number of fused-ring (bicyclic) bond motifs is 1. The summed E-state index contributed by atoms with van der Waals surface area (Å²) in [7, 11) is -3.04. The number of nitrogens with zero attached hydrogens (tertiary/aromatic N) is 4. The predicted molar refractivity (Wildman–Crippen MR) is 140 cm³/mol. The molecule has 13 heteroatoms. The van der Waals surface area contributed by atoms with Crippen LogP contribution < -0.4 is 14.4 Å². The lowest BCUT2D eigenvalue weighted by atomic mass is 10.0. The fourth-order valence-electron chi connectivity index (χ4n) is 5.05. The molecule has 1 amide bonds. The molecule has 39 heavy (non-hydrogen) atoms. The van der Waals surface area contributed by atoms with Crippen LogP contribution in [0, 0.1) is 5.82 Å². The van der Waals surface area contributed by atoms with E-state index in [1.54, 1.807) is 18.3 Å². The van der Waals surface area contributed by atoms with E-state index in [-0.39, 0.29) is 30.2 Å². The zero-order chi connectivity index (χ0) is 27.6. The van der Waals surface area contributed by atoms with Crippen molar-refractivity contribution in [2.24, 2.45) is 0 Å². The van der Waals surface area contributed by atoms with Crippen LogP contribution in [0.1, 0.15) is 47.8 Å². The van der Waals surface area contributed by atoms with Crippen molar-refractivity contribution in [2.75, 3.05) is 44.9 Å². The Morgan fingerprint density at radius 2 is 2.03 bits per heavy atom. The first-order valence-electron chi connectivity index (χ1n) is 12.9. The van der Waals surface area contributed by atoms with E-state index in [0.29, 0.717) is 31.2 Å². The number of hydrogen-bond donors (Lipinski definition) is 1. The SMILES string of the molecule is CN(CCF)S(=O)(=O)NC(=O)c1cnc2ccc(N3CCC[C@@H]3c3cc(F)ccc3OC3CCOCC3)cn12. The lowest BCUT2D eigenvalue weighted by molar-refractivity contribution is 0.0250. The van der Waals surface area contributed by atoms with E-state index in [2.05, 4.69) is 9.88 Å². The second-order valence-corrected chi connectivity index (χ2v) is 11.4. The van der Waals surface area contributed by atoms with Gasteiger partial charge in [0.1, 0.15) is 35.7 Å². The molecule has 2 aromatic heterocycles. The third kappa shape index (κ3) is 5.85. The van der Waals surface area contributed by atoms with Crippen LogP contribution in [0.5, 0.6) is 5.75 Å². The van der Waals surface area contributed by atoms with Crippen LogP contribution in [-0.2, 0) is 14.9 Å². The standard InChI is InChI=1S/C26H31F2N5O5S/c1-31(12-10-27)39(35,36)30-26(34)23-16-29-25-7-5-19(17-33(23)25)32-11-2-3-22(32)21-15-18(28)4-6-24(21)38-20-8-13-37-14-9-20/h4-7,15-17,20,22H,2-3,8-14H2,1H3,(H,30,34)/t22-/m1/s1. The number of imidazole rings is 1. The number of benzene rings is 1. The van der Waals surface area contributed by atoms with E-state index >= 15 is 0 Å². The van der Waals surface area contributed by atoms with Crippen molar-refractivity contribution in [1.29, 1.82) is 0 Å². The zero-order valence-corrected chi connectivity index (χ0v) is 22.4. The molecule has 0 radical (unpaired) electrons. The molecule has 1 N–H and O–H groups in total. The number of hydrogen-bond acceptors (Lipinski definition) is 7. The van der Waals surface area contributed by atoms with E-state index in [4.69, 9.17) is 9.47 Å². The summed E-state index contributed by atoms with van der Waals surface area (Å²) in [4.78, 5) is 19.2. The first-order valence-corrected chi connectivity index (χ1v) is 14.3. The van der Waals surface area contributed by atoms with Gasteiger partial charge in [0.05, 0.1) is 31.1 Å². The van der Waals surface area contributed by atoms with Gasteiger partial charge in [-0.3, -0.25) is 9.20 Å². The summed E-state index contributed by atoms with van der Waals surface area (Å²) in [5, 5.41) is 0. The number of alkyl halides is 1. The molecule has 2 saturated heterocycles. The normalized spacial score (nSPS) is 18.7. The van der Waals surface area contributed by atoms with Gasteiger partial charge in [0.25, 0.3) is 5.91 Å². The third-order valence-electron chi connectivity index (χ3n) is 7.13. The maximum atomic E-state index is 14.4. The first-order chi connectivity index (χ1) is 18.8. The zero-order valence-electron chi connectivity index (χ0n) is 21.6. The minimum atomic E-state index is -4.22. The van der Waals surface area contributed by atoms with Crippen LogP contribution in [0.4, 0.5) is 14.5 Å². The second-order valence-electron chi connectivity index (χ2n) is 9.67. The average molecular weight is 564 g/mol. The third-order valence-corrected chi connectivity index (χ3v) is 8.58. The summed E-state index contributed by atoms with van der Waals surface area (Å²) >= 11 is 0. The van der Waals surface area contributed by atoms with Crippen molar-refractivity contribution < 1.29 is 31.5 Å². The Bertz CT molecular complexity index is 1440. The smallest absolute Gasteiger partial charge is 0.303 e. The molecule has 2 aliphatic rings. The molecule has 2 aliphatic heterocycles. The number of aromatic nitrogens is 2. The highest BCUT2D eigenvalue weighted by Crippen LogP contribution is 2.41. The number of anilines is 1. The quantitative estimate of drug-likeness (QED) is 0.426. The molecule has 0 spiro atoms. The van der Waals surface area contributed by atoms with E-state index in [1.165, 1.54) is 29.8 Å². The summed E-state index contributed by atoms with van der Waals surface area (Å²) in [6.07, 6.45) is 6.19. The lowest BCUT2D eigenvalue weighted by Gasteiger charge is -2.30. The maximum absolute atomic E-state index is 14.4. The van der Waals surface area contributed by atoms with Crippen LogP contribution >= 0.6 is 0 Å². The number of pyridine rings is 1. The van der Waals surface area contributed by atoms with Gasteiger partial charge in [0, 0.05) is 44.7 Å². The number of carbonyl (C=O) groups excluding carboxylic acids is 1. The molecular weight excluding hydrogens is 532 g/mol. The lowest BCUT2D eigenvalue weighted by Crippen LogP contribution is -2.42. The highest BCUT2D eigenvalue weighted by Gasteiger charge is 2.31. The Kier molecular flexibility index (Phi) is 8.01. The van der Waals surface area contributed by atoms with Gasteiger partial charge in [-0.15, -0.1) is 0 Å². The minimum absolute atomic E-state index is 0.00131. The van der Waals surface area contributed by atoms with E-state index in [1.807, 2.05) is 10.8 Å². The van der Waals surface area contributed by atoms with Crippen molar-refractivity contribution in [2.45, 2.75) is 37.8 Å². The van der Waals surface area contributed by atoms with Crippen molar-refractivity contribution in [3.8, 4) is 5.75 Å². The summed E-state index contributed by atoms with van der Waals surface area (Å²) < 4.78 is 67.8. The summed E-state index contributed by atoms with van der Waals surface area (Å²) in [5.74, 6) is -0.591. The molecule has 210 valence electrons. The molecule has 2 fully saturated rings. The minimum Gasteiger partial charge on any atom is -0.490 e. The average Bonchev–Trinajstić information content (AvgIpc) is 3.57. The summed E-state index contributed by atoms with van der Waals surface area (Å²) in [6, 6.07) is 8.04. The van der Waals surface area contributed by atoms with Crippen LogP contribution in [0.3, 0.4) is 0 Å². The molecule has 3 aromatic rings. The Hall–Kier alpha value is -3.29. The maximum Gasteiger partial charge on any atom is 0.303 e. The van der Waals surface area contributed by atoms with Gasteiger partial charge in [0.15, 0.2) is 0 Å². The molecule has 1 aromatic carbocycles. The van der Waals surface area contributed by atoms with Crippen molar-refractivity contribution in [3.05, 3.63) is 59.8 Å². The number of rotatable bonds is 9. The van der Waals surface area contributed by atoms with Crippen molar-refractivity contribution >= 4 is 27.5 Å². The second kappa shape index (κ2) is 11.4. The van der Waals surface area contributed by atoms with Gasteiger partial charge in [-0.25, -0.2) is 18.5 Å². The molecule has 0 unspecified atom stereocenters. The highest BCUT2D eigenvalue weighted by molar-refractivity contribution is 7.87. The van der Waals surface area contributed by atoms with Crippen molar-refractivity contribution in [3.63, 3.8) is 0 Å². The summed E-state index contributed by atoms with van der Waals surface area (Å²) in [6.45, 7) is 0.698. The molecule has 0 saturated carbocycles. The summed E-state index contributed by atoms with van der Waals surface area (Å²) in [5.41, 5.74) is 1.97. The molecule has 1 atom stereocenters. The van der Waals surface area contributed by atoms with Crippen molar-refractivity contribution in [1.82, 2.24) is 18.4 Å². The van der Waals surface area contributed by atoms with Gasteiger partial charge in [0.2, 0.25) is 0 Å². The van der Waals surface area contributed by atoms with Crippen LogP contribution in [-0.4, -0.2) is 74.1 Å². The highest BCUT2D eigenvalue weighted by atomic mass is 32.2. The molecule has 5 rings (SSSR count). The van der Waals surface area contributed by atoms with E-state index in [9.17, 15) is 22.0 Å². The van der Waals surface area contributed by atoms with Gasteiger partial charge in [-0.2, -0.15) is 12.7 Å². The van der Waals surface area contributed by atoms with Crippen LogP contribution in [0.25, 0.3) is 5.65 Å². The van der Waals surface area contributed by atoms with Gasteiger partial charge >= 0.3 is 10.2 Å².